The second-order valence-electron chi connectivity index (χ2n) is 3.36. The van der Waals surface area contributed by atoms with Gasteiger partial charge in [-0.25, -0.2) is 4.79 Å². The molecule has 0 aliphatic rings. The van der Waals surface area contributed by atoms with E-state index in [0.717, 1.165) is 11.0 Å². The van der Waals surface area contributed by atoms with Crippen LogP contribution in [0.1, 0.15) is 6.42 Å². The number of H-pyrrole nitrogens is 1. The van der Waals surface area contributed by atoms with Crippen molar-refractivity contribution >= 4 is 15.9 Å². The highest BCUT2D eigenvalue weighted by Gasteiger charge is 2.04. The highest BCUT2D eigenvalue weighted by Crippen LogP contribution is 1.96. The first-order valence-corrected chi connectivity index (χ1v) is 6.01. The van der Waals surface area contributed by atoms with Gasteiger partial charge in [0.25, 0.3) is 5.56 Å². The number of halogens is 1. The van der Waals surface area contributed by atoms with Crippen LogP contribution in [0.25, 0.3) is 0 Å². The van der Waals surface area contributed by atoms with Crippen LogP contribution in [0.4, 0.5) is 0 Å². The standard InChI is InChI=1S/C10H15BrN2O4/c1-16-4-2-5-17-6-3-13-9(14)8(11)7-12-10(13)15/h7H,2-6H2,1H3,(H,12,15). The van der Waals surface area contributed by atoms with E-state index < -0.39 is 5.69 Å². The lowest BCUT2D eigenvalue weighted by Crippen LogP contribution is -2.36. The normalized spacial score (nSPS) is 10.7. The number of rotatable bonds is 7. The van der Waals surface area contributed by atoms with Gasteiger partial charge in [-0.05, 0) is 22.4 Å². The van der Waals surface area contributed by atoms with Gasteiger partial charge in [0.15, 0.2) is 0 Å². The molecule has 0 aliphatic carbocycles. The second kappa shape index (κ2) is 7.41. The molecule has 0 radical (unpaired) electrons. The van der Waals surface area contributed by atoms with E-state index in [1.807, 2.05) is 0 Å². The highest BCUT2D eigenvalue weighted by atomic mass is 79.9. The molecule has 0 bridgehead atoms. The molecule has 96 valence electrons. The number of ether oxygens (including phenoxy) is 2. The van der Waals surface area contributed by atoms with Crippen LogP contribution in [0.15, 0.2) is 20.3 Å². The first-order valence-electron chi connectivity index (χ1n) is 5.21. The average molecular weight is 307 g/mol. The number of nitrogens with one attached hydrogen (secondary N) is 1. The van der Waals surface area contributed by atoms with Crippen molar-refractivity contribution in [2.75, 3.05) is 26.9 Å². The summed E-state index contributed by atoms with van der Waals surface area (Å²) in [7, 11) is 1.63. The fourth-order valence-electron chi connectivity index (χ4n) is 1.25. The fraction of sp³-hybridized carbons (Fsp3) is 0.600. The molecule has 1 aromatic heterocycles. The van der Waals surface area contributed by atoms with Crippen LogP contribution in [-0.4, -0.2) is 36.5 Å². The minimum absolute atomic E-state index is 0.237. The van der Waals surface area contributed by atoms with E-state index in [9.17, 15) is 9.59 Å². The van der Waals surface area contributed by atoms with Gasteiger partial charge < -0.3 is 14.5 Å². The van der Waals surface area contributed by atoms with E-state index in [-0.39, 0.29) is 12.1 Å². The molecular formula is C10H15BrN2O4. The van der Waals surface area contributed by atoms with Crippen molar-refractivity contribution in [3.8, 4) is 0 Å². The van der Waals surface area contributed by atoms with Gasteiger partial charge in [-0.2, -0.15) is 0 Å². The van der Waals surface area contributed by atoms with Gasteiger partial charge in [-0.3, -0.25) is 9.36 Å². The Morgan fingerprint density at radius 3 is 2.82 bits per heavy atom. The number of aromatic amines is 1. The summed E-state index contributed by atoms with van der Waals surface area (Å²) in [5, 5.41) is 0. The zero-order chi connectivity index (χ0) is 12.7. The Bertz CT molecular complexity index is 454. The molecular weight excluding hydrogens is 292 g/mol. The van der Waals surface area contributed by atoms with Gasteiger partial charge in [-0.15, -0.1) is 0 Å². The predicted molar refractivity (Wildman–Crippen MR) is 66.3 cm³/mol. The largest absolute Gasteiger partial charge is 0.385 e. The molecule has 0 aliphatic heterocycles. The van der Waals surface area contributed by atoms with Gasteiger partial charge in [0.1, 0.15) is 0 Å². The summed E-state index contributed by atoms with van der Waals surface area (Å²) in [4.78, 5) is 25.4. The van der Waals surface area contributed by atoms with E-state index in [0.29, 0.717) is 24.3 Å². The molecule has 0 amide bonds. The number of hydrogen-bond acceptors (Lipinski definition) is 4. The quantitative estimate of drug-likeness (QED) is 0.738. The number of aromatic nitrogens is 2. The van der Waals surface area contributed by atoms with E-state index in [1.54, 1.807) is 7.11 Å². The highest BCUT2D eigenvalue weighted by molar-refractivity contribution is 9.10. The van der Waals surface area contributed by atoms with Crippen LogP contribution in [-0.2, 0) is 16.0 Å². The summed E-state index contributed by atoms with van der Waals surface area (Å²) in [5.74, 6) is 0. The maximum absolute atomic E-state index is 11.6. The third kappa shape index (κ3) is 4.45. The van der Waals surface area contributed by atoms with Crippen LogP contribution in [0.5, 0.6) is 0 Å². The van der Waals surface area contributed by atoms with Crippen LogP contribution < -0.4 is 11.2 Å². The molecule has 6 nitrogen and oxygen atoms in total. The Hall–Kier alpha value is -0.920. The molecule has 0 spiro atoms. The van der Waals surface area contributed by atoms with Crippen LogP contribution in [0.2, 0.25) is 0 Å². The topological polar surface area (TPSA) is 73.3 Å². The monoisotopic (exact) mass is 306 g/mol. The van der Waals surface area contributed by atoms with E-state index >= 15 is 0 Å². The third-order valence-corrected chi connectivity index (χ3v) is 2.68. The summed E-state index contributed by atoms with van der Waals surface area (Å²) in [6, 6.07) is 0. The van der Waals surface area contributed by atoms with E-state index in [1.165, 1.54) is 6.20 Å². The predicted octanol–water partition coefficient (Wildman–Crippen LogP) is 0.352. The van der Waals surface area contributed by atoms with Crippen molar-refractivity contribution < 1.29 is 9.47 Å². The van der Waals surface area contributed by atoms with Crippen molar-refractivity contribution in [2.45, 2.75) is 13.0 Å². The van der Waals surface area contributed by atoms with Crippen LogP contribution in [0, 0.1) is 0 Å². The minimum atomic E-state index is -0.432. The Balaban J connectivity index is 2.45. The first kappa shape index (κ1) is 14.1. The lowest BCUT2D eigenvalue weighted by Gasteiger charge is -2.06. The Kier molecular flexibility index (Phi) is 6.17. The number of hydrogen-bond donors (Lipinski definition) is 1. The third-order valence-electron chi connectivity index (χ3n) is 2.11. The first-order chi connectivity index (χ1) is 8.16. The smallest absolute Gasteiger partial charge is 0.328 e. The lowest BCUT2D eigenvalue weighted by atomic mass is 10.5. The Morgan fingerprint density at radius 1 is 1.35 bits per heavy atom. The molecule has 0 fully saturated rings. The Morgan fingerprint density at radius 2 is 2.12 bits per heavy atom. The maximum atomic E-state index is 11.6. The van der Waals surface area contributed by atoms with Gasteiger partial charge in [0, 0.05) is 26.5 Å². The molecule has 0 atom stereocenters. The lowest BCUT2D eigenvalue weighted by molar-refractivity contribution is 0.0966. The second-order valence-corrected chi connectivity index (χ2v) is 4.21. The molecule has 0 saturated heterocycles. The van der Waals surface area contributed by atoms with Crippen molar-refractivity contribution in [1.29, 1.82) is 0 Å². The molecule has 1 N–H and O–H groups in total. The van der Waals surface area contributed by atoms with E-state index in [4.69, 9.17) is 9.47 Å². The van der Waals surface area contributed by atoms with Crippen LogP contribution >= 0.6 is 15.9 Å². The molecule has 7 heteroatoms. The zero-order valence-electron chi connectivity index (χ0n) is 9.57. The van der Waals surface area contributed by atoms with Gasteiger partial charge in [0.05, 0.1) is 17.6 Å². The van der Waals surface area contributed by atoms with Crippen molar-refractivity contribution in [3.63, 3.8) is 0 Å². The van der Waals surface area contributed by atoms with Gasteiger partial charge in [0.2, 0.25) is 0 Å². The van der Waals surface area contributed by atoms with Crippen molar-refractivity contribution in [3.05, 3.63) is 31.5 Å². The zero-order valence-corrected chi connectivity index (χ0v) is 11.2. The molecule has 17 heavy (non-hydrogen) atoms. The molecule has 1 rings (SSSR count). The van der Waals surface area contributed by atoms with Crippen LogP contribution in [0.3, 0.4) is 0 Å². The fourth-order valence-corrected chi connectivity index (χ4v) is 1.58. The summed E-state index contributed by atoms with van der Waals surface area (Å²) in [6.45, 7) is 1.75. The Labute approximate surface area is 107 Å². The number of nitrogens with zero attached hydrogens (tertiary/aromatic N) is 1. The molecule has 1 aromatic rings. The summed E-state index contributed by atoms with van der Waals surface area (Å²) in [6.07, 6.45) is 2.13. The molecule has 0 unspecified atom stereocenters. The summed E-state index contributed by atoms with van der Waals surface area (Å²) < 4.78 is 11.6. The summed E-state index contributed by atoms with van der Waals surface area (Å²) >= 11 is 3.06. The van der Waals surface area contributed by atoms with E-state index in [2.05, 4.69) is 20.9 Å². The molecule has 1 heterocycles. The number of methoxy groups -OCH3 is 1. The maximum Gasteiger partial charge on any atom is 0.328 e. The molecule has 0 saturated carbocycles. The molecule has 0 aromatic carbocycles. The SMILES string of the molecule is COCCCOCCn1c(=O)[nH]cc(Br)c1=O. The minimum Gasteiger partial charge on any atom is -0.385 e. The van der Waals surface area contributed by atoms with Gasteiger partial charge >= 0.3 is 5.69 Å². The van der Waals surface area contributed by atoms with Gasteiger partial charge in [-0.1, -0.05) is 0 Å². The summed E-state index contributed by atoms with van der Waals surface area (Å²) in [5.41, 5.74) is -0.784. The van der Waals surface area contributed by atoms with Crippen molar-refractivity contribution in [1.82, 2.24) is 9.55 Å². The van der Waals surface area contributed by atoms with Crippen molar-refractivity contribution in [2.24, 2.45) is 0 Å². The average Bonchev–Trinajstić information content (AvgIpc) is 2.32.